The molecule has 0 fully saturated rings. The number of nitrogens with zero attached hydrogens (tertiary/aromatic N) is 1. The molecule has 1 aliphatic heterocycles. The average Bonchev–Trinajstić information content (AvgIpc) is 2.33. The Kier molecular flexibility index (Phi) is 2.06. The molecule has 0 bridgehead atoms. The molecule has 2 nitrogen and oxygen atoms in total. The van der Waals surface area contributed by atoms with E-state index in [1.54, 1.807) is 0 Å². The fourth-order valence-electron chi connectivity index (χ4n) is 1.92. The van der Waals surface area contributed by atoms with Gasteiger partial charge < -0.3 is 4.57 Å². The number of rotatable bonds is 0. The third-order valence-electron chi connectivity index (χ3n) is 2.78. The van der Waals surface area contributed by atoms with Crippen molar-refractivity contribution in [2.45, 2.75) is 33.2 Å². The van der Waals surface area contributed by atoms with Gasteiger partial charge in [-0.15, -0.1) is 0 Å². The zero-order chi connectivity index (χ0) is 9.59. The van der Waals surface area contributed by atoms with Crippen molar-refractivity contribution in [1.29, 1.82) is 0 Å². The second-order valence-electron chi connectivity index (χ2n) is 3.57. The number of Topliss-reactive ketones (excluding diaryl/α,β-unsaturated/α-hetero) is 1. The van der Waals surface area contributed by atoms with Gasteiger partial charge in [-0.3, -0.25) is 4.79 Å². The topological polar surface area (TPSA) is 22.0 Å². The normalized spacial score (nSPS) is 16.1. The summed E-state index contributed by atoms with van der Waals surface area (Å²) in [4.78, 5) is 11.6. The first-order valence-electron chi connectivity index (χ1n) is 4.51. The Balaban J connectivity index is 2.70. The van der Waals surface area contributed by atoms with Gasteiger partial charge in [0.25, 0.3) is 0 Å². The Labute approximate surface area is 86.1 Å². The number of carbonyl (C=O) groups excluding carboxylic acids is 1. The molecule has 2 rings (SSSR count). The highest BCUT2D eigenvalue weighted by Crippen LogP contribution is 2.30. The molecule has 0 aromatic carbocycles. The van der Waals surface area contributed by atoms with Crippen LogP contribution in [0.25, 0.3) is 0 Å². The highest BCUT2D eigenvalue weighted by atomic mass is 79.9. The van der Waals surface area contributed by atoms with Crippen molar-refractivity contribution in [2.75, 3.05) is 0 Å². The molecule has 70 valence electrons. The first-order valence-corrected chi connectivity index (χ1v) is 5.30. The standard InChI is InChI=1S/C10H12BrNO/c1-6-7(2)10(11)12-5-3-4-8(13)9(6)12/h3-5H2,1-2H3. The number of ketones is 1. The van der Waals surface area contributed by atoms with E-state index in [9.17, 15) is 4.79 Å². The minimum Gasteiger partial charge on any atom is -0.332 e. The largest absolute Gasteiger partial charge is 0.332 e. The molecule has 0 radical (unpaired) electrons. The third kappa shape index (κ3) is 1.17. The van der Waals surface area contributed by atoms with Crippen LogP contribution in [0.5, 0.6) is 0 Å². The number of carbonyl (C=O) groups is 1. The predicted octanol–water partition coefficient (Wildman–Crippen LogP) is 2.84. The molecular formula is C10H12BrNO. The van der Waals surface area contributed by atoms with E-state index in [2.05, 4.69) is 27.4 Å². The molecule has 0 atom stereocenters. The van der Waals surface area contributed by atoms with E-state index in [0.717, 1.165) is 28.8 Å². The Bertz CT molecular complexity index is 379. The minimum atomic E-state index is 0.289. The number of fused-ring (bicyclic) bond motifs is 1. The highest BCUT2D eigenvalue weighted by molar-refractivity contribution is 9.10. The van der Waals surface area contributed by atoms with Crippen LogP contribution in [-0.4, -0.2) is 10.4 Å². The van der Waals surface area contributed by atoms with Gasteiger partial charge in [-0.2, -0.15) is 0 Å². The zero-order valence-electron chi connectivity index (χ0n) is 7.85. The van der Waals surface area contributed by atoms with Crippen molar-refractivity contribution in [1.82, 2.24) is 4.57 Å². The van der Waals surface area contributed by atoms with E-state index in [0.29, 0.717) is 6.42 Å². The lowest BCUT2D eigenvalue weighted by Crippen LogP contribution is -2.17. The van der Waals surface area contributed by atoms with E-state index >= 15 is 0 Å². The van der Waals surface area contributed by atoms with Gasteiger partial charge in [-0.05, 0) is 47.3 Å². The first-order chi connectivity index (χ1) is 6.13. The van der Waals surface area contributed by atoms with Crippen LogP contribution in [0.4, 0.5) is 0 Å². The van der Waals surface area contributed by atoms with Crippen LogP contribution < -0.4 is 0 Å². The molecule has 0 amide bonds. The summed E-state index contributed by atoms with van der Waals surface area (Å²) in [6, 6.07) is 0. The summed E-state index contributed by atoms with van der Waals surface area (Å²) < 4.78 is 3.17. The Hall–Kier alpha value is -0.570. The van der Waals surface area contributed by atoms with Gasteiger partial charge in [0.15, 0.2) is 5.78 Å². The summed E-state index contributed by atoms with van der Waals surface area (Å²) >= 11 is 3.52. The van der Waals surface area contributed by atoms with E-state index < -0.39 is 0 Å². The maximum absolute atomic E-state index is 11.6. The summed E-state index contributed by atoms with van der Waals surface area (Å²) in [6.45, 7) is 5.05. The van der Waals surface area contributed by atoms with Crippen molar-refractivity contribution in [2.24, 2.45) is 0 Å². The van der Waals surface area contributed by atoms with Gasteiger partial charge in [-0.1, -0.05) is 0 Å². The van der Waals surface area contributed by atoms with Crippen molar-refractivity contribution < 1.29 is 4.79 Å². The second-order valence-corrected chi connectivity index (χ2v) is 4.32. The van der Waals surface area contributed by atoms with Gasteiger partial charge in [-0.25, -0.2) is 0 Å². The summed E-state index contributed by atoms with van der Waals surface area (Å²) in [7, 11) is 0. The fourth-order valence-corrected chi connectivity index (χ4v) is 2.57. The van der Waals surface area contributed by atoms with Gasteiger partial charge in [0.05, 0.1) is 10.3 Å². The van der Waals surface area contributed by atoms with Crippen LogP contribution in [-0.2, 0) is 6.54 Å². The van der Waals surface area contributed by atoms with Crippen molar-refractivity contribution >= 4 is 21.7 Å². The summed E-state index contributed by atoms with van der Waals surface area (Å²) in [6.07, 6.45) is 1.68. The van der Waals surface area contributed by atoms with Crippen LogP contribution in [0.2, 0.25) is 0 Å². The number of hydrogen-bond acceptors (Lipinski definition) is 1. The molecule has 0 aliphatic carbocycles. The average molecular weight is 242 g/mol. The van der Waals surface area contributed by atoms with Crippen LogP contribution in [0, 0.1) is 13.8 Å². The van der Waals surface area contributed by atoms with E-state index in [4.69, 9.17) is 0 Å². The minimum absolute atomic E-state index is 0.289. The molecule has 1 aromatic rings. The van der Waals surface area contributed by atoms with Crippen molar-refractivity contribution in [3.05, 3.63) is 21.4 Å². The molecule has 0 spiro atoms. The van der Waals surface area contributed by atoms with Gasteiger partial charge in [0.1, 0.15) is 0 Å². The number of aromatic nitrogens is 1. The molecule has 1 aromatic heterocycles. The second kappa shape index (κ2) is 2.98. The molecule has 0 saturated carbocycles. The monoisotopic (exact) mass is 241 g/mol. The first kappa shape index (κ1) is 9.00. The molecule has 1 aliphatic rings. The molecule has 0 saturated heterocycles. The molecule has 0 unspecified atom stereocenters. The highest BCUT2D eigenvalue weighted by Gasteiger charge is 2.24. The van der Waals surface area contributed by atoms with Crippen molar-refractivity contribution in [3.63, 3.8) is 0 Å². The number of hydrogen-bond donors (Lipinski definition) is 0. The van der Waals surface area contributed by atoms with Gasteiger partial charge in [0.2, 0.25) is 0 Å². The summed E-state index contributed by atoms with van der Waals surface area (Å²) in [5, 5.41) is 0. The summed E-state index contributed by atoms with van der Waals surface area (Å²) in [5.41, 5.74) is 3.25. The lowest BCUT2D eigenvalue weighted by Gasteiger charge is -2.15. The molecule has 3 heteroatoms. The smallest absolute Gasteiger partial charge is 0.179 e. The van der Waals surface area contributed by atoms with Gasteiger partial charge >= 0.3 is 0 Å². The quantitative estimate of drug-likeness (QED) is 0.685. The van der Waals surface area contributed by atoms with E-state index in [-0.39, 0.29) is 5.78 Å². The van der Waals surface area contributed by atoms with Crippen LogP contribution >= 0.6 is 15.9 Å². The molecular weight excluding hydrogens is 230 g/mol. The van der Waals surface area contributed by atoms with Crippen LogP contribution in [0.15, 0.2) is 4.60 Å². The Morgan fingerprint density at radius 3 is 2.62 bits per heavy atom. The van der Waals surface area contributed by atoms with E-state index in [1.807, 2.05) is 6.92 Å². The van der Waals surface area contributed by atoms with Crippen LogP contribution in [0.1, 0.15) is 34.5 Å². The third-order valence-corrected chi connectivity index (χ3v) is 3.81. The lowest BCUT2D eigenvalue weighted by atomic mass is 10.0. The molecule has 13 heavy (non-hydrogen) atoms. The maximum Gasteiger partial charge on any atom is 0.179 e. The van der Waals surface area contributed by atoms with Crippen LogP contribution in [0.3, 0.4) is 0 Å². The fraction of sp³-hybridized carbons (Fsp3) is 0.500. The van der Waals surface area contributed by atoms with Crippen molar-refractivity contribution in [3.8, 4) is 0 Å². The zero-order valence-corrected chi connectivity index (χ0v) is 9.44. The summed E-state index contributed by atoms with van der Waals surface area (Å²) in [5.74, 6) is 0.289. The Morgan fingerprint density at radius 1 is 1.31 bits per heavy atom. The Morgan fingerprint density at radius 2 is 2.00 bits per heavy atom. The predicted molar refractivity (Wildman–Crippen MR) is 55.2 cm³/mol. The SMILES string of the molecule is Cc1c(C)c2n(c1Br)CCCC2=O. The molecule has 2 heterocycles. The maximum atomic E-state index is 11.6. The lowest BCUT2D eigenvalue weighted by molar-refractivity contribution is 0.0954. The molecule has 0 N–H and O–H groups in total. The number of halogens is 1. The van der Waals surface area contributed by atoms with Gasteiger partial charge in [0, 0.05) is 13.0 Å². The van der Waals surface area contributed by atoms with E-state index in [1.165, 1.54) is 5.56 Å².